The van der Waals surface area contributed by atoms with Gasteiger partial charge in [-0.3, -0.25) is 0 Å². The molecule has 2 aromatic rings. The van der Waals surface area contributed by atoms with Crippen molar-refractivity contribution in [1.29, 1.82) is 0 Å². The Morgan fingerprint density at radius 2 is 2.32 bits per heavy atom. The van der Waals surface area contributed by atoms with E-state index in [1.54, 1.807) is 0 Å². The second-order valence-electron chi connectivity index (χ2n) is 4.56. The molecule has 2 heterocycles. The van der Waals surface area contributed by atoms with E-state index in [-0.39, 0.29) is 0 Å². The number of H-pyrrole nitrogens is 1. The lowest BCUT2D eigenvalue weighted by Gasteiger charge is -2.17. The average molecular weight is 293 g/mol. The predicted molar refractivity (Wildman–Crippen MR) is 77.0 cm³/mol. The van der Waals surface area contributed by atoms with E-state index in [0.717, 1.165) is 40.7 Å². The predicted octanol–water partition coefficient (Wildman–Crippen LogP) is 3.46. The molecule has 1 aliphatic rings. The van der Waals surface area contributed by atoms with Crippen LogP contribution in [0.2, 0.25) is 5.02 Å². The third-order valence-electron chi connectivity index (χ3n) is 3.16. The van der Waals surface area contributed by atoms with Crippen LogP contribution in [0.25, 0.3) is 0 Å². The maximum Gasteiger partial charge on any atom is 0.135 e. The van der Waals surface area contributed by atoms with Gasteiger partial charge in [-0.05, 0) is 17.7 Å². The summed E-state index contributed by atoms with van der Waals surface area (Å²) in [6.45, 7) is 1.30. The SMILES string of the molecule is S=c1nc(Cc2cccc(Cl)c2)[nH]c2c1COCC2. The number of ether oxygens (including phenoxy) is 1. The summed E-state index contributed by atoms with van der Waals surface area (Å²) in [6.07, 6.45) is 1.57. The molecule has 0 aliphatic carbocycles. The van der Waals surface area contributed by atoms with Crippen LogP contribution in [0.3, 0.4) is 0 Å². The van der Waals surface area contributed by atoms with Crippen LogP contribution in [0.1, 0.15) is 22.6 Å². The van der Waals surface area contributed by atoms with E-state index in [1.807, 2.05) is 24.3 Å². The minimum absolute atomic E-state index is 0.565. The van der Waals surface area contributed by atoms with Gasteiger partial charge in [0, 0.05) is 29.1 Å². The zero-order valence-corrected chi connectivity index (χ0v) is 11.9. The van der Waals surface area contributed by atoms with Crippen molar-refractivity contribution in [2.24, 2.45) is 0 Å². The van der Waals surface area contributed by atoms with Gasteiger partial charge in [0.1, 0.15) is 10.5 Å². The number of benzene rings is 1. The molecule has 0 unspecified atom stereocenters. The Morgan fingerprint density at radius 3 is 3.16 bits per heavy atom. The first-order chi connectivity index (χ1) is 9.22. The number of halogens is 1. The fourth-order valence-electron chi connectivity index (χ4n) is 2.23. The highest BCUT2D eigenvalue weighted by Crippen LogP contribution is 2.18. The Hall–Kier alpha value is -1.23. The monoisotopic (exact) mass is 292 g/mol. The van der Waals surface area contributed by atoms with Gasteiger partial charge in [0.05, 0.1) is 13.2 Å². The zero-order chi connectivity index (χ0) is 13.2. The topological polar surface area (TPSA) is 37.9 Å². The number of aromatic amines is 1. The van der Waals surface area contributed by atoms with Crippen LogP contribution in [0, 0.1) is 4.64 Å². The minimum Gasteiger partial charge on any atom is -0.376 e. The van der Waals surface area contributed by atoms with Gasteiger partial charge in [0.15, 0.2) is 0 Å². The smallest absolute Gasteiger partial charge is 0.135 e. The summed E-state index contributed by atoms with van der Waals surface area (Å²) >= 11 is 11.3. The largest absolute Gasteiger partial charge is 0.376 e. The maximum absolute atomic E-state index is 5.99. The molecule has 3 rings (SSSR count). The molecule has 0 amide bonds. The van der Waals surface area contributed by atoms with Crippen LogP contribution in [-0.2, 0) is 24.2 Å². The molecule has 1 aliphatic heterocycles. The van der Waals surface area contributed by atoms with Crippen LogP contribution < -0.4 is 0 Å². The molecule has 3 nitrogen and oxygen atoms in total. The van der Waals surface area contributed by atoms with E-state index in [9.17, 15) is 0 Å². The van der Waals surface area contributed by atoms with Crippen molar-refractivity contribution in [3.63, 3.8) is 0 Å². The Kier molecular flexibility index (Phi) is 3.64. The van der Waals surface area contributed by atoms with Gasteiger partial charge >= 0.3 is 0 Å². The van der Waals surface area contributed by atoms with Crippen LogP contribution in [0.4, 0.5) is 0 Å². The van der Waals surface area contributed by atoms with Crippen LogP contribution >= 0.6 is 23.8 Å². The van der Waals surface area contributed by atoms with Crippen molar-refractivity contribution in [3.8, 4) is 0 Å². The highest BCUT2D eigenvalue weighted by atomic mass is 35.5. The average Bonchev–Trinajstić information content (AvgIpc) is 2.39. The van der Waals surface area contributed by atoms with E-state index in [4.69, 9.17) is 28.6 Å². The lowest BCUT2D eigenvalue weighted by Crippen LogP contribution is -2.15. The van der Waals surface area contributed by atoms with E-state index in [0.29, 0.717) is 17.7 Å². The van der Waals surface area contributed by atoms with Gasteiger partial charge in [-0.1, -0.05) is 36.0 Å². The van der Waals surface area contributed by atoms with Gasteiger partial charge in [0.2, 0.25) is 0 Å². The van der Waals surface area contributed by atoms with E-state index < -0.39 is 0 Å². The second kappa shape index (κ2) is 5.41. The highest BCUT2D eigenvalue weighted by Gasteiger charge is 2.13. The third-order valence-corrected chi connectivity index (χ3v) is 3.73. The second-order valence-corrected chi connectivity index (χ2v) is 5.38. The summed E-state index contributed by atoms with van der Waals surface area (Å²) in [4.78, 5) is 7.82. The Bertz CT molecular complexity index is 669. The van der Waals surface area contributed by atoms with Crippen molar-refractivity contribution < 1.29 is 4.74 Å². The van der Waals surface area contributed by atoms with Crippen molar-refractivity contribution in [3.05, 3.63) is 56.6 Å². The summed E-state index contributed by atoms with van der Waals surface area (Å²) < 4.78 is 6.05. The lowest BCUT2D eigenvalue weighted by atomic mass is 10.1. The Labute approximate surface area is 121 Å². The van der Waals surface area contributed by atoms with Crippen molar-refractivity contribution in [2.75, 3.05) is 6.61 Å². The molecule has 5 heteroatoms. The number of nitrogens with one attached hydrogen (secondary N) is 1. The Balaban J connectivity index is 1.94. The quantitative estimate of drug-likeness (QED) is 0.862. The molecule has 0 atom stereocenters. The fraction of sp³-hybridized carbons (Fsp3) is 0.286. The minimum atomic E-state index is 0.565. The summed E-state index contributed by atoms with van der Waals surface area (Å²) in [5.74, 6) is 0.882. The van der Waals surface area contributed by atoms with Gasteiger partial charge in [-0.2, -0.15) is 0 Å². The summed E-state index contributed by atoms with van der Waals surface area (Å²) in [5, 5.41) is 0.738. The first-order valence-electron chi connectivity index (χ1n) is 6.15. The van der Waals surface area contributed by atoms with Gasteiger partial charge in [-0.25, -0.2) is 4.98 Å². The standard InChI is InChI=1S/C14H13ClN2OS/c15-10-3-1-2-9(6-10)7-13-16-12-4-5-18-8-11(12)14(19)17-13/h1-3,6H,4-5,7-8H2,(H,16,17,19). The Morgan fingerprint density at radius 1 is 1.42 bits per heavy atom. The molecule has 0 radical (unpaired) electrons. The van der Waals surface area contributed by atoms with Gasteiger partial charge in [0.25, 0.3) is 0 Å². The maximum atomic E-state index is 5.99. The molecule has 0 fully saturated rings. The van der Waals surface area contributed by atoms with Crippen LogP contribution in [0.5, 0.6) is 0 Å². The molecule has 19 heavy (non-hydrogen) atoms. The molecule has 0 spiro atoms. The van der Waals surface area contributed by atoms with Crippen LogP contribution in [0.15, 0.2) is 24.3 Å². The van der Waals surface area contributed by atoms with Crippen molar-refractivity contribution in [2.45, 2.75) is 19.4 Å². The molecule has 0 saturated heterocycles. The molecule has 0 saturated carbocycles. The molecule has 0 bridgehead atoms. The van der Waals surface area contributed by atoms with E-state index >= 15 is 0 Å². The first kappa shape index (κ1) is 12.8. The highest BCUT2D eigenvalue weighted by molar-refractivity contribution is 7.71. The summed E-state index contributed by atoms with van der Waals surface area (Å²) in [6, 6.07) is 7.79. The lowest BCUT2D eigenvalue weighted by molar-refractivity contribution is 0.108. The number of hydrogen-bond donors (Lipinski definition) is 1. The molecular weight excluding hydrogens is 280 g/mol. The third kappa shape index (κ3) is 2.86. The first-order valence-corrected chi connectivity index (χ1v) is 6.94. The number of fused-ring (bicyclic) bond motifs is 1. The molecule has 98 valence electrons. The summed E-state index contributed by atoms with van der Waals surface area (Å²) in [5.41, 5.74) is 3.30. The van der Waals surface area contributed by atoms with E-state index in [1.165, 1.54) is 0 Å². The van der Waals surface area contributed by atoms with E-state index in [2.05, 4.69) is 9.97 Å². The number of hydrogen-bond acceptors (Lipinski definition) is 3. The van der Waals surface area contributed by atoms with Crippen LogP contribution in [-0.4, -0.2) is 16.6 Å². The molecular formula is C14H13ClN2OS. The number of rotatable bonds is 2. The normalized spacial score (nSPS) is 14.2. The number of nitrogens with zero attached hydrogens (tertiary/aromatic N) is 1. The van der Waals surface area contributed by atoms with Gasteiger partial charge in [-0.15, -0.1) is 0 Å². The number of aromatic nitrogens is 2. The van der Waals surface area contributed by atoms with Crippen molar-refractivity contribution >= 4 is 23.8 Å². The molecule has 1 N–H and O–H groups in total. The zero-order valence-electron chi connectivity index (χ0n) is 10.3. The summed E-state index contributed by atoms with van der Waals surface area (Å²) in [7, 11) is 0. The van der Waals surface area contributed by atoms with Gasteiger partial charge < -0.3 is 9.72 Å². The fourth-order valence-corrected chi connectivity index (χ4v) is 2.74. The molecule has 1 aromatic carbocycles. The van der Waals surface area contributed by atoms with Crippen molar-refractivity contribution in [1.82, 2.24) is 9.97 Å². The molecule has 1 aromatic heterocycles.